The highest BCUT2D eigenvalue weighted by Crippen LogP contribution is 2.37. The number of imidazole rings is 1. The molecule has 39 heavy (non-hydrogen) atoms. The molecule has 0 spiro atoms. The first-order valence-electron chi connectivity index (χ1n) is 14.3. The monoisotopic (exact) mass is 536 g/mol. The Morgan fingerprint density at radius 2 is 1.72 bits per heavy atom. The third kappa shape index (κ3) is 5.59. The smallest absolute Gasteiger partial charge is 0.453 e. The lowest BCUT2D eigenvalue weighted by Gasteiger charge is -2.34. The molecule has 3 fully saturated rings. The van der Waals surface area contributed by atoms with E-state index >= 15 is 0 Å². The maximum Gasteiger partial charge on any atom is 0.494 e. The number of rotatable bonds is 6. The number of nitrogens with one attached hydrogen (secondary N) is 2. The molecular weight excluding hydrogens is 495 g/mol. The van der Waals surface area contributed by atoms with Gasteiger partial charge in [-0.1, -0.05) is 43.5 Å². The van der Waals surface area contributed by atoms with Gasteiger partial charge in [-0.2, -0.15) is 0 Å². The van der Waals surface area contributed by atoms with Gasteiger partial charge >= 0.3 is 13.2 Å². The Kier molecular flexibility index (Phi) is 7.79. The Bertz CT molecular complexity index is 1160. The summed E-state index contributed by atoms with van der Waals surface area (Å²) in [6, 6.07) is 7.36. The van der Waals surface area contributed by atoms with Crippen molar-refractivity contribution < 1.29 is 23.6 Å². The fourth-order valence-electron chi connectivity index (χ4n) is 5.97. The molecule has 2 aliphatic heterocycles. The SMILES string of the molecule is COC(=O)NC(C(=O)N1CCC[C@H]1c1nc(-c2ccc(B3OC(C)(C)C(C)(C)O3)cc2)c[nH]1)C1CCCCC1. The van der Waals surface area contributed by atoms with Crippen LogP contribution in [-0.2, 0) is 18.8 Å². The fourth-order valence-corrected chi connectivity index (χ4v) is 5.97. The molecule has 1 saturated carbocycles. The van der Waals surface area contributed by atoms with Crippen molar-refractivity contribution in [3.05, 3.63) is 36.3 Å². The van der Waals surface area contributed by atoms with E-state index in [0.29, 0.717) is 6.54 Å². The van der Waals surface area contributed by atoms with E-state index in [1.165, 1.54) is 13.5 Å². The van der Waals surface area contributed by atoms with E-state index in [4.69, 9.17) is 19.0 Å². The van der Waals surface area contributed by atoms with Crippen LogP contribution in [0.3, 0.4) is 0 Å². The van der Waals surface area contributed by atoms with Crippen molar-refractivity contribution in [2.45, 2.75) is 95.9 Å². The Morgan fingerprint density at radius 1 is 1.05 bits per heavy atom. The molecule has 2 amide bonds. The van der Waals surface area contributed by atoms with E-state index in [2.05, 4.69) is 10.3 Å². The summed E-state index contributed by atoms with van der Waals surface area (Å²) in [6.45, 7) is 8.84. The Labute approximate surface area is 231 Å². The third-order valence-electron chi connectivity index (χ3n) is 9.03. The van der Waals surface area contributed by atoms with Gasteiger partial charge in [0.1, 0.15) is 11.9 Å². The molecule has 5 rings (SSSR count). The summed E-state index contributed by atoms with van der Waals surface area (Å²) < 4.78 is 17.2. The van der Waals surface area contributed by atoms with E-state index < -0.39 is 19.3 Å². The van der Waals surface area contributed by atoms with Crippen LogP contribution >= 0.6 is 0 Å². The zero-order valence-corrected chi connectivity index (χ0v) is 23.8. The Hall–Kier alpha value is -2.85. The largest absolute Gasteiger partial charge is 0.494 e. The van der Waals surface area contributed by atoms with Crippen LogP contribution in [0, 0.1) is 5.92 Å². The summed E-state index contributed by atoms with van der Waals surface area (Å²) >= 11 is 0. The van der Waals surface area contributed by atoms with Gasteiger partial charge in [-0.3, -0.25) is 4.79 Å². The van der Waals surface area contributed by atoms with Crippen molar-refractivity contribution in [3.63, 3.8) is 0 Å². The molecule has 1 unspecified atom stereocenters. The molecule has 2 saturated heterocycles. The molecule has 9 nitrogen and oxygen atoms in total. The molecule has 2 N–H and O–H groups in total. The van der Waals surface area contributed by atoms with Crippen LogP contribution in [0.4, 0.5) is 4.79 Å². The predicted molar refractivity (Wildman–Crippen MR) is 149 cm³/mol. The van der Waals surface area contributed by atoms with Gasteiger partial charge in [0, 0.05) is 18.3 Å². The van der Waals surface area contributed by atoms with Crippen LogP contribution in [0.5, 0.6) is 0 Å². The molecular formula is C29H41BN4O5. The number of methoxy groups -OCH3 is 1. The van der Waals surface area contributed by atoms with E-state index in [9.17, 15) is 9.59 Å². The van der Waals surface area contributed by atoms with Gasteiger partial charge in [0.05, 0.1) is 30.0 Å². The summed E-state index contributed by atoms with van der Waals surface area (Å²) in [6.07, 6.45) is 8.27. The lowest BCUT2D eigenvalue weighted by molar-refractivity contribution is -0.136. The molecule has 210 valence electrons. The third-order valence-corrected chi connectivity index (χ3v) is 9.03. The molecule has 1 aliphatic carbocycles. The minimum atomic E-state index is -0.574. The van der Waals surface area contributed by atoms with Crippen molar-refractivity contribution in [1.29, 1.82) is 0 Å². The van der Waals surface area contributed by atoms with Crippen LogP contribution < -0.4 is 10.8 Å². The normalized spacial score (nSPS) is 23.6. The average Bonchev–Trinajstić information content (AvgIpc) is 3.65. The molecule has 10 heteroatoms. The molecule has 2 atom stereocenters. The number of carbonyl (C=O) groups is 2. The zero-order chi connectivity index (χ0) is 27.8. The number of ether oxygens (including phenoxy) is 1. The van der Waals surface area contributed by atoms with Gasteiger partial charge in [-0.25, -0.2) is 9.78 Å². The lowest BCUT2D eigenvalue weighted by atomic mass is 9.79. The summed E-state index contributed by atoms with van der Waals surface area (Å²) in [5.41, 5.74) is 1.98. The lowest BCUT2D eigenvalue weighted by Crippen LogP contribution is -2.52. The molecule has 3 heterocycles. The second-order valence-corrected chi connectivity index (χ2v) is 12.1. The first-order chi connectivity index (χ1) is 18.6. The van der Waals surface area contributed by atoms with Gasteiger partial charge in [0.25, 0.3) is 0 Å². The summed E-state index contributed by atoms with van der Waals surface area (Å²) in [4.78, 5) is 36.0. The number of H-pyrrole nitrogens is 1. The first-order valence-corrected chi connectivity index (χ1v) is 14.3. The Morgan fingerprint density at radius 3 is 2.36 bits per heavy atom. The minimum Gasteiger partial charge on any atom is -0.453 e. The van der Waals surface area contributed by atoms with Crippen LogP contribution in [0.15, 0.2) is 30.5 Å². The van der Waals surface area contributed by atoms with Gasteiger partial charge in [0.15, 0.2) is 0 Å². The maximum absolute atomic E-state index is 13.8. The second-order valence-electron chi connectivity index (χ2n) is 12.1. The number of hydrogen-bond acceptors (Lipinski definition) is 6. The number of aromatic amines is 1. The zero-order valence-electron chi connectivity index (χ0n) is 23.8. The van der Waals surface area contributed by atoms with Crippen LogP contribution in [0.25, 0.3) is 11.3 Å². The fraction of sp³-hybridized carbons (Fsp3) is 0.621. The van der Waals surface area contributed by atoms with E-state index in [-0.39, 0.29) is 29.1 Å². The van der Waals surface area contributed by atoms with Crippen molar-refractivity contribution in [2.75, 3.05) is 13.7 Å². The molecule has 1 aromatic heterocycles. The van der Waals surface area contributed by atoms with Crippen molar-refractivity contribution in [3.8, 4) is 11.3 Å². The number of aromatic nitrogens is 2. The quantitative estimate of drug-likeness (QED) is 0.532. The van der Waals surface area contributed by atoms with Crippen LogP contribution in [0.1, 0.15) is 84.5 Å². The number of benzene rings is 1. The van der Waals surface area contributed by atoms with Gasteiger partial charge in [0.2, 0.25) is 5.91 Å². The molecule has 0 bridgehead atoms. The molecule has 2 aromatic rings. The number of carbonyl (C=O) groups excluding carboxylic acids is 2. The second kappa shape index (κ2) is 11.0. The molecule has 3 aliphatic rings. The van der Waals surface area contributed by atoms with Gasteiger partial charge in [-0.05, 0) is 64.8 Å². The number of amides is 2. The van der Waals surface area contributed by atoms with Crippen LogP contribution in [0.2, 0.25) is 0 Å². The highest BCUT2D eigenvalue weighted by Gasteiger charge is 2.51. The number of likely N-dealkylation sites (tertiary alicyclic amines) is 1. The van der Waals surface area contributed by atoms with Gasteiger partial charge < -0.3 is 29.2 Å². The maximum atomic E-state index is 13.8. The average molecular weight is 536 g/mol. The molecule has 0 radical (unpaired) electrons. The molecule has 1 aromatic carbocycles. The standard InChI is InChI=1S/C29H41BN4O5/c1-28(2)29(3,4)39-30(38-28)21-15-13-19(14-16-21)22-18-31-25(32-22)23-12-9-17-34(23)26(35)24(33-27(36)37-5)20-10-7-6-8-11-20/h13-16,18,20,23-24H,6-12,17H2,1-5H3,(H,31,32)(H,33,36)/t23-,24?/m0/s1. The highest BCUT2D eigenvalue weighted by molar-refractivity contribution is 6.62. The summed E-state index contributed by atoms with van der Waals surface area (Å²) in [5.74, 6) is 0.854. The first kappa shape index (κ1) is 27.7. The summed E-state index contributed by atoms with van der Waals surface area (Å²) in [5, 5.41) is 2.85. The Balaban J connectivity index is 1.30. The van der Waals surface area contributed by atoms with Gasteiger partial charge in [-0.15, -0.1) is 0 Å². The van der Waals surface area contributed by atoms with Crippen molar-refractivity contribution in [1.82, 2.24) is 20.2 Å². The van der Waals surface area contributed by atoms with E-state index in [0.717, 1.165) is 61.1 Å². The number of alkyl carbamates (subject to hydrolysis) is 1. The van der Waals surface area contributed by atoms with Crippen LogP contribution in [-0.4, -0.2) is 64.9 Å². The minimum absolute atomic E-state index is 0.0421. The number of nitrogens with zero attached hydrogens (tertiary/aromatic N) is 2. The summed E-state index contributed by atoms with van der Waals surface area (Å²) in [7, 11) is 0.926. The predicted octanol–water partition coefficient (Wildman–Crippen LogP) is 4.34. The van der Waals surface area contributed by atoms with E-state index in [1.807, 2.05) is 63.1 Å². The topological polar surface area (TPSA) is 106 Å². The van der Waals surface area contributed by atoms with Crippen molar-refractivity contribution >= 4 is 24.6 Å². The number of hydrogen-bond donors (Lipinski definition) is 2. The van der Waals surface area contributed by atoms with Crippen molar-refractivity contribution in [2.24, 2.45) is 5.92 Å². The highest BCUT2D eigenvalue weighted by atomic mass is 16.7. The van der Waals surface area contributed by atoms with E-state index in [1.54, 1.807) is 0 Å².